The van der Waals surface area contributed by atoms with Crippen LogP contribution >= 0.6 is 0 Å². The third kappa shape index (κ3) is 4.38. The van der Waals surface area contributed by atoms with E-state index in [0.29, 0.717) is 12.1 Å². The molecule has 2 aromatic rings. The minimum absolute atomic E-state index is 0.0249. The molecular formula is C20H29N3O. The van der Waals surface area contributed by atoms with Crippen LogP contribution in [0.4, 0.5) is 5.69 Å². The molecule has 0 bridgehead atoms. The Morgan fingerprint density at radius 3 is 2.83 bits per heavy atom. The van der Waals surface area contributed by atoms with E-state index in [0.717, 1.165) is 35.8 Å². The number of H-pyrrole nitrogens is 1. The zero-order chi connectivity index (χ0) is 16.8. The van der Waals surface area contributed by atoms with Crippen LogP contribution in [0.3, 0.4) is 0 Å². The van der Waals surface area contributed by atoms with Crippen LogP contribution in [0, 0.1) is 0 Å². The van der Waals surface area contributed by atoms with Crippen LogP contribution in [-0.2, 0) is 0 Å². The van der Waals surface area contributed by atoms with Crippen LogP contribution in [0.25, 0.3) is 10.8 Å². The molecule has 1 aromatic carbocycles. The lowest BCUT2D eigenvalue weighted by Crippen LogP contribution is -2.39. The highest BCUT2D eigenvalue weighted by Crippen LogP contribution is 2.19. The van der Waals surface area contributed by atoms with E-state index in [1.54, 1.807) is 6.20 Å². The lowest BCUT2D eigenvalue weighted by molar-refractivity contribution is 0.365. The third-order valence-corrected chi connectivity index (χ3v) is 5.04. The molecule has 1 aliphatic rings. The average molecular weight is 327 g/mol. The number of hydrogen-bond donors (Lipinski definition) is 3. The molecule has 3 N–H and O–H groups in total. The largest absolute Gasteiger partial charge is 0.381 e. The minimum atomic E-state index is -0.0249. The number of aromatic amines is 1. The Bertz CT molecular complexity index is 703. The lowest BCUT2D eigenvalue weighted by atomic mass is 9.95. The van der Waals surface area contributed by atoms with Crippen molar-refractivity contribution in [3.05, 3.63) is 40.8 Å². The Morgan fingerprint density at radius 2 is 2.04 bits per heavy atom. The van der Waals surface area contributed by atoms with E-state index in [1.165, 1.54) is 32.1 Å². The second-order valence-electron chi connectivity index (χ2n) is 6.98. The summed E-state index contributed by atoms with van der Waals surface area (Å²) in [4.78, 5) is 14.5. The van der Waals surface area contributed by atoms with E-state index in [9.17, 15) is 4.79 Å². The molecule has 3 rings (SSSR count). The predicted octanol–water partition coefficient (Wildman–Crippen LogP) is 4.03. The summed E-state index contributed by atoms with van der Waals surface area (Å²) >= 11 is 0. The Labute approximate surface area is 144 Å². The van der Waals surface area contributed by atoms with Crippen LogP contribution in [0.15, 0.2) is 35.3 Å². The molecule has 1 fully saturated rings. The van der Waals surface area contributed by atoms with Crippen LogP contribution in [0.2, 0.25) is 0 Å². The first-order valence-electron chi connectivity index (χ1n) is 9.37. The smallest absolute Gasteiger partial charge is 0.255 e. The van der Waals surface area contributed by atoms with Crippen molar-refractivity contribution < 1.29 is 0 Å². The second-order valence-corrected chi connectivity index (χ2v) is 6.98. The highest BCUT2D eigenvalue weighted by Gasteiger charge is 2.15. The fourth-order valence-electron chi connectivity index (χ4n) is 3.71. The third-order valence-electron chi connectivity index (χ3n) is 5.04. The lowest BCUT2D eigenvalue weighted by Gasteiger charge is -2.27. The van der Waals surface area contributed by atoms with Gasteiger partial charge >= 0.3 is 0 Å². The number of hydrogen-bond acceptors (Lipinski definition) is 3. The van der Waals surface area contributed by atoms with Gasteiger partial charge in [0.2, 0.25) is 0 Å². The van der Waals surface area contributed by atoms with Gasteiger partial charge in [-0.3, -0.25) is 4.79 Å². The second kappa shape index (κ2) is 8.34. The zero-order valence-electron chi connectivity index (χ0n) is 14.6. The average Bonchev–Trinajstić information content (AvgIpc) is 2.61. The summed E-state index contributed by atoms with van der Waals surface area (Å²) in [6.45, 7) is 3.24. The SMILES string of the molecule is CCC[C@@H](CNC1CCCCC1)Nc1ccc2c(=O)[nH]ccc2c1. The molecule has 0 radical (unpaired) electrons. The monoisotopic (exact) mass is 327 g/mol. The van der Waals surface area contributed by atoms with Crippen molar-refractivity contribution in [2.45, 2.75) is 64.0 Å². The molecule has 4 nitrogen and oxygen atoms in total. The minimum Gasteiger partial charge on any atom is -0.381 e. The number of nitrogens with one attached hydrogen (secondary N) is 3. The molecule has 0 spiro atoms. The molecule has 0 unspecified atom stereocenters. The van der Waals surface area contributed by atoms with Crippen molar-refractivity contribution in [2.24, 2.45) is 0 Å². The van der Waals surface area contributed by atoms with Crippen LogP contribution < -0.4 is 16.2 Å². The van der Waals surface area contributed by atoms with Gasteiger partial charge in [-0.15, -0.1) is 0 Å². The summed E-state index contributed by atoms with van der Waals surface area (Å²) in [5.74, 6) is 0. The summed E-state index contributed by atoms with van der Waals surface area (Å²) in [5.41, 5.74) is 1.07. The Balaban J connectivity index is 1.64. The van der Waals surface area contributed by atoms with Crippen molar-refractivity contribution in [2.75, 3.05) is 11.9 Å². The molecule has 0 aliphatic heterocycles. The van der Waals surface area contributed by atoms with Crippen LogP contribution in [0.5, 0.6) is 0 Å². The number of anilines is 1. The maximum atomic E-state index is 11.8. The maximum absolute atomic E-state index is 11.8. The van der Waals surface area contributed by atoms with Gasteiger partial charge in [-0.25, -0.2) is 0 Å². The fourth-order valence-corrected chi connectivity index (χ4v) is 3.71. The summed E-state index contributed by atoms with van der Waals surface area (Å²) in [6.07, 6.45) is 10.8. The normalized spacial score (nSPS) is 17.0. The molecule has 4 heteroatoms. The van der Waals surface area contributed by atoms with Crippen molar-refractivity contribution in [1.82, 2.24) is 10.3 Å². The van der Waals surface area contributed by atoms with E-state index in [1.807, 2.05) is 18.2 Å². The summed E-state index contributed by atoms with van der Waals surface area (Å²) in [6, 6.07) is 9.08. The molecular weight excluding hydrogens is 298 g/mol. The van der Waals surface area contributed by atoms with Gasteiger partial charge in [0.1, 0.15) is 0 Å². The van der Waals surface area contributed by atoms with Crippen molar-refractivity contribution in [1.29, 1.82) is 0 Å². The summed E-state index contributed by atoms with van der Waals surface area (Å²) in [7, 11) is 0. The fraction of sp³-hybridized carbons (Fsp3) is 0.550. The molecule has 0 amide bonds. The molecule has 1 heterocycles. The van der Waals surface area contributed by atoms with Crippen molar-refractivity contribution in [3.63, 3.8) is 0 Å². The van der Waals surface area contributed by atoms with Gasteiger partial charge < -0.3 is 15.6 Å². The van der Waals surface area contributed by atoms with Gasteiger partial charge in [0, 0.05) is 35.9 Å². The topological polar surface area (TPSA) is 56.9 Å². The number of rotatable bonds is 7. The van der Waals surface area contributed by atoms with Crippen LogP contribution in [-0.4, -0.2) is 23.6 Å². The maximum Gasteiger partial charge on any atom is 0.255 e. The number of fused-ring (bicyclic) bond motifs is 1. The Kier molecular flexibility index (Phi) is 5.91. The van der Waals surface area contributed by atoms with Gasteiger partial charge in [-0.2, -0.15) is 0 Å². The molecule has 1 atom stereocenters. The highest BCUT2D eigenvalue weighted by atomic mass is 16.1. The van der Waals surface area contributed by atoms with E-state index < -0.39 is 0 Å². The first-order valence-corrected chi connectivity index (χ1v) is 9.37. The summed E-state index contributed by atoms with van der Waals surface area (Å²) in [5, 5.41) is 9.14. The van der Waals surface area contributed by atoms with Gasteiger partial charge in [-0.05, 0) is 48.9 Å². The molecule has 0 saturated heterocycles. The van der Waals surface area contributed by atoms with Crippen molar-refractivity contribution in [3.8, 4) is 0 Å². The zero-order valence-corrected chi connectivity index (χ0v) is 14.6. The number of aromatic nitrogens is 1. The molecule has 1 aromatic heterocycles. The number of benzene rings is 1. The Hall–Kier alpha value is -1.81. The van der Waals surface area contributed by atoms with E-state index in [4.69, 9.17) is 0 Å². The van der Waals surface area contributed by atoms with Crippen molar-refractivity contribution >= 4 is 16.5 Å². The van der Waals surface area contributed by atoms with E-state index in [-0.39, 0.29) is 5.56 Å². The quantitative estimate of drug-likeness (QED) is 0.719. The van der Waals surface area contributed by atoms with Gasteiger partial charge in [-0.1, -0.05) is 32.6 Å². The number of pyridine rings is 1. The van der Waals surface area contributed by atoms with E-state index >= 15 is 0 Å². The highest BCUT2D eigenvalue weighted by molar-refractivity contribution is 5.84. The standard InChI is InChI=1S/C20H29N3O/c1-2-6-18(14-22-16-7-4-3-5-8-16)23-17-9-10-19-15(13-17)11-12-21-20(19)24/h9-13,16,18,22-23H,2-8,14H2,1H3,(H,21,24)/t18-/m0/s1. The van der Waals surface area contributed by atoms with Crippen LogP contribution in [0.1, 0.15) is 51.9 Å². The summed E-state index contributed by atoms with van der Waals surface area (Å²) < 4.78 is 0. The predicted molar refractivity (Wildman–Crippen MR) is 102 cm³/mol. The molecule has 130 valence electrons. The van der Waals surface area contributed by atoms with Gasteiger partial charge in [0.15, 0.2) is 0 Å². The molecule has 1 aliphatic carbocycles. The Morgan fingerprint density at radius 1 is 1.21 bits per heavy atom. The molecule has 1 saturated carbocycles. The first kappa shape index (κ1) is 17.0. The van der Waals surface area contributed by atoms with Gasteiger partial charge in [0.25, 0.3) is 5.56 Å². The molecule has 24 heavy (non-hydrogen) atoms. The first-order chi connectivity index (χ1) is 11.8. The van der Waals surface area contributed by atoms with Gasteiger partial charge in [0.05, 0.1) is 0 Å². The van der Waals surface area contributed by atoms with E-state index in [2.05, 4.69) is 28.6 Å².